The number of ether oxygens (including phenoxy) is 1. The SMILES string of the molecule is O=C(c1cc(C2CC2)c(OCC23CC4CC(CC(C4)C2)C3)cc1F)C1CCC1. The summed E-state index contributed by atoms with van der Waals surface area (Å²) in [7, 11) is 0. The van der Waals surface area contributed by atoms with Gasteiger partial charge in [0.25, 0.3) is 0 Å². The van der Waals surface area contributed by atoms with Gasteiger partial charge in [0.05, 0.1) is 12.2 Å². The standard InChI is InChI=1S/C25H31FO2/c26-22-10-23(20(18-4-5-18)9-21(22)24(27)19-2-1-3-19)28-14-25-11-15-6-16(12-25)8-17(7-15)13-25/h9-10,15-19H,1-8,11-14H2. The van der Waals surface area contributed by atoms with Crippen LogP contribution in [-0.2, 0) is 0 Å². The van der Waals surface area contributed by atoms with Crippen LogP contribution in [0.4, 0.5) is 4.39 Å². The summed E-state index contributed by atoms with van der Waals surface area (Å²) in [6.45, 7) is 0.742. The average Bonchev–Trinajstić information content (AvgIpc) is 3.42. The van der Waals surface area contributed by atoms with Crippen molar-refractivity contribution in [1.82, 2.24) is 0 Å². The highest BCUT2D eigenvalue weighted by Gasteiger charge is 2.51. The highest BCUT2D eigenvalue weighted by Crippen LogP contribution is 2.60. The zero-order valence-corrected chi connectivity index (χ0v) is 16.7. The second kappa shape index (κ2) is 6.31. The molecule has 1 aromatic rings. The summed E-state index contributed by atoms with van der Waals surface area (Å²) >= 11 is 0. The Morgan fingerprint density at radius 2 is 1.64 bits per heavy atom. The Bertz CT molecular complexity index is 770. The van der Waals surface area contributed by atoms with Crippen molar-refractivity contribution in [3.63, 3.8) is 0 Å². The second-order valence-electron chi connectivity index (χ2n) is 10.8. The van der Waals surface area contributed by atoms with E-state index in [0.717, 1.165) is 67.8 Å². The predicted octanol–water partition coefficient (Wildman–Crippen LogP) is 6.28. The van der Waals surface area contributed by atoms with Gasteiger partial charge in [-0.1, -0.05) is 6.42 Å². The van der Waals surface area contributed by atoms with Crippen molar-refractivity contribution in [1.29, 1.82) is 0 Å². The maximum absolute atomic E-state index is 14.9. The molecule has 0 heterocycles. The number of Topliss-reactive ketones (excluding diaryl/α,β-unsaturated/α-hetero) is 1. The Balaban J connectivity index is 1.25. The third-order valence-corrected chi connectivity index (χ3v) is 8.56. The van der Waals surface area contributed by atoms with Crippen LogP contribution in [0.3, 0.4) is 0 Å². The van der Waals surface area contributed by atoms with E-state index in [1.54, 1.807) is 6.07 Å². The van der Waals surface area contributed by atoms with Crippen LogP contribution < -0.4 is 4.74 Å². The van der Waals surface area contributed by atoms with Crippen LogP contribution in [0, 0.1) is 34.9 Å². The van der Waals surface area contributed by atoms with Crippen LogP contribution in [0.25, 0.3) is 0 Å². The van der Waals surface area contributed by atoms with Crippen molar-refractivity contribution < 1.29 is 13.9 Å². The van der Waals surface area contributed by atoms with Crippen LogP contribution >= 0.6 is 0 Å². The fourth-order valence-corrected chi connectivity index (χ4v) is 7.19. The van der Waals surface area contributed by atoms with Gasteiger partial charge in [0, 0.05) is 17.4 Å². The average molecular weight is 383 g/mol. The molecule has 0 spiro atoms. The molecule has 0 aromatic heterocycles. The van der Waals surface area contributed by atoms with Gasteiger partial charge >= 0.3 is 0 Å². The summed E-state index contributed by atoms with van der Waals surface area (Å²) in [4.78, 5) is 12.7. The Morgan fingerprint density at radius 3 is 2.18 bits per heavy atom. The zero-order valence-electron chi connectivity index (χ0n) is 16.7. The largest absolute Gasteiger partial charge is 0.493 e. The van der Waals surface area contributed by atoms with Crippen molar-refractivity contribution in [3.8, 4) is 5.75 Å². The van der Waals surface area contributed by atoms with E-state index in [1.807, 2.05) is 6.07 Å². The molecule has 150 valence electrons. The number of carbonyl (C=O) groups excluding carboxylic acids is 1. The van der Waals surface area contributed by atoms with Gasteiger partial charge in [-0.25, -0.2) is 4.39 Å². The summed E-state index contributed by atoms with van der Waals surface area (Å²) in [5, 5.41) is 0. The first-order valence-electron chi connectivity index (χ1n) is 11.6. The normalized spacial score (nSPS) is 36.4. The third kappa shape index (κ3) is 2.92. The van der Waals surface area contributed by atoms with E-state index < -0.39 is 0 Å². The maximum Gasteiger partial charge on any atom is 0.168 e. The van der Waals surface area contributed by atoms with Crippen molar-refractivity contribution in [2.24, 2.45) is 29.1 Å². The quantitative estimate of drug-likeness (QED) is 0.541. The summed E-state index contributed by atoms with van der Waals surface area (Å²) in [6.07, 6.45) is 13.4. The first-order chi connectivity index (χ1) is 13.6. The molecule has 0 atom stereocenters. The Kier molecular flexibility index (Phi) is 3.94. The maximum atomic E-state index is 14.9. The predicted molar refractivity (Wildman–Crippen MR) is 106 cm³/mol. The molecule has 2 nitrogen and oxygen atoms in total. The van der Waals surface area contributed by atoms with Gasteiger partial charge in [0.2, 0.25) is 0 Å². The van der Waals surface area contributed by atoms with Crippen molar-refractivity contribution in [3.05, 3.63) is 29.1 Å². The summed E-state index contributed by atoms with van der Waals surface area (Å²) < 4.78 is 21.3. The van der Waals surface area contributed by atoms with Crippen LogP contribution in [0.15, 0.2) is 12.1 Å². The smallest absolute Gasteiger partial charge is 0.168 e. The van der Waals surface area contributed by atoms with E-state index in [2.05, 4.69) is 0 Å². The topological polar surface area (TPSA) is 26.3 Å². The van der Waals surface area contributed by atoms with E-state index in [-0.39, 0.29) is 17.5 Å². The molecule has 0 amide bonds. The van der Waals surface area contributed by atoms with Crippen LogP contribution in [0.2, 0.25) is 0 Å². The van der Waals surface area contributed by atoms with E-state index in [9.17, 15) is 9.18 Å². The number of rotatable bonds is 6. The summed E-state index contributed by atoms with van der Waals surface area (Å²) in [6, 6.07) is 3.39. The minimum absolute atomic E-state index is 0.0123. The molecule has 0 unspecified atom stereocenters. The van der Waals surface area contributed by atoms with E-state index >= 15 is 0 Å². The summed E-state index contributed by atoms with van der Waals surface area (Å²) in [5.74, 6) is 3.56. The molecule has 0 N–H and O–H groups in total. The molecule has 3 heteroatoms. The molecule has 6 saturated carbocycles. The molecule has 7 rings (SSSR count). The van der Waals surface area contributed by atoms with E-state index in [0.29, 0.717) is 16.9 Å². The number of hydrogen-bond acceptors (Lipinski definition) is 2. The highest BCUT2D eigenvalue weighted by molar-refractivity contribution is 5.99. The molecule has 1 aromatic carbocycles. The Labute approximate surface area is 167 Å². The van der Waals surface area contributed by atoms with Crippen molar-refractivity contribution >= 4 is 5.78 Å². The molecule has 6 fully saturated rings. The summed E-state index contributed by atoms with van der Waals surface area (Å²) in [5.41, 5.74) is 1.73. The molecule has 6 aliphatic carbocycles. The molecule has 28 heavy (non-hydrogen) atoms. The molecule has 6 aliphatic rings. The molecule has 0 saturated heterocycles. The molecular weight excluding hydrogens is 351 g/mol. The van der Waals surface area contributed by atoms with Crippen LogP contribution in [0.1, 0.15) is 92.5 Å². The van der Waals surface area contributed by atoms with Gasteiger partial charge in [0.15, 0.2) is 5.78 Å². The van der Waals surface area contributed by atoms with Gasteiger partial charge in [-0.15, -0.1) is 0 Å². The molecule has 0 aliphatic heterocycles. The van der Waals surface area contributed by atoms with Crippen molar-refractivity contribution in [2.45, 2.75) is 76.5 Å². The number of benzene rings is 1. The highest BCUT2D eigenvalue weighted by atomic mass is 19.1. The monoisotopic (exact) mass is 382 g/mol. The first kappa shape index (κ1) is 17.5. The lowest BCUT2D eigenvalue weighted by Crippen LogP contribution is -2.48. The number of carbonyl (C=O) groups is 1. The second-order valence-corrected chi connectivity index (χ2v) is 10.8. The fourth-order valence-electron chi connectivity index (χ4n) is 7.19. The Morgan fingerprint density at radius 1 is 1.00 bits per heavy atom. The third-order valence-electron chi connectivity index (χ3n) is 8.56. The first-order valence-corrected chi connectivity index (χ1v) is 11.6. The van der Waals surface area contributed by atoms with Crippen LogP contribution in [-0.4, -0.2) is 12.4 Å². The molecule has 4 bridgehead atoms. The molecule has 0 radical (unpaired) electrons. The number of hydrogen-bond donors (Lipinski definition) is 0. The number of ketones is 1. The van der Waals surface area contributed by atoms with E-state index in [1.165, 1.54) is 38.5 Å². The lowest BCUT2D eigenvalue weighted by molar-refractivity contribution is -0.0747. The van der Waals surface area contributed by atoms with Crippen LogP contribution in [0.5, 0.6) is 5.75 Å². The number of halogens is 1. The minimum atomic E-state index is -0.373. The lowest BCUT2D eigenvalue weighted by atomic mass is 9.50. The van der Waals surface area contributed by atoms with Crippen molar-refractivity contribution in [2.75, 3.05) is 6.61 Å². The fraction of sp³-hybridized carbons (Fsp3) is 0.720. The lowest BCUT2D eigenvalue weighted by Gasteiger charge is -2.56. The Hall–Kier alpha value is -1.38. The van der Waals surface area contributed by atoms with Gasteiger partial charge in [-0.05, 0) is 99.5 Å². The zero-order chi connectivity index (χ0) is 18.9. The van der Waals surface area contributed by atoms with Gasteiger partial charge < -0.3 is 4.74 Å². The van der Waals surface area contributed by atoms with Gasteiger partial charge in [0.1, 0.15) is 11.6 Å². The van der Waals surface area contributed by atoms with E-state index in [4.69, 9.17) is 4.74 Å². The minimum Gasteiger partial charge on any atom is -0.493 e. The molecular formula is C25H31FO2. The van der Waals surface area contributed by atoms with Gasteiger partial charge in [-0.3, -0.25) is 4.79 Å². The van der Waals surface area contributed by atoms with Gasteiger partial charge in [-0.2, -0.15) is 0 Å².